The lowest BCUT2D eigenvalue weighted by molar-refractivity contribution is -0.143. The van der Waals surface area contributed by atoms with Crippen LogP contribution in [0.25, 0.3) is 17.2 Å². The van der Waals surface area contributed by atoms with Gasteiger partial charge in [-0.05, 0) is 47.5 Å². The van der Waals surface area contributed by atoms with Gasteiger partial charge in [-0.25, -0.2) is 0 Å². The Hall–Kier alpha value is -2.73. The van der Waals surface area contributed by atoms with Gasteiger partial charge in [-0.15, -0.1) is 0 Å². The molecule has 4 nitrogen and oxygen atoms in total. The highest BCUT2D eigenvalue weighted by atomic mass is 32.2. The molecule has 1 fully saturated rings. The predicted octanol–water partition coefficient (Wildman–Crippen LogP) is 5.61. The summed E-state index contributed by atoms with van der Waals surface area (Å²) in [5.74, 6) is -0.140. The number of amides is 1. The molecule has 2 aliphatic rings. The first kappa shape index (κ1) is 21.5. The van der Waals surface area contributed by atoms with E-state index in [1.54, 1.807) is 0 Å². The van der Waals surface area contributed by atoms with E-state index in [9.17, 15) is 31.1 Å². The maximum absolute atomic E-state index is 13.2. The van der Waals surface area contributed by atoms with E-state index < -0.39 is 29.4 Å². The second-order valence-corrected chi connectivity index (χ2v) is 8.16. The number of thioether (sulfide) groups is 1. The second kappa shape index (κ2) is 7.45. The number of hydrogen-bond acceptors (Lipinski definition) is 5. The van der Waals surface area contributed by atoms with Crippen LogP contribution in [0.2, 0.25) is 0 Å². The Balaban J connectivity index is 1.89. The molecule has 2 aliphatic heterocycles. The molecule has 2 heterocycles. The van der Waals surface area contributed by atoms with Crippen molar-refractivity contribution in [3.8, 4) is 22.6 Å². The van der Waals surface area contributed by atoms with Crippen LogP contribution in [0.1, 0.15) is 16.7 Å². The zero-order valence-electron chi connectivity index (χ0n) is 15.0. The number of halogens is 6. The highest BCUT2D eigenvalue weighted by molar-refractivity contribution is 8.26. The van der Waals surface area contributed by atoms with Gasteiger partial charge in [-0.3, -0.25) is 4.79 Å². The van der Waals surface area contributed by atoms with E-state index >= 15 is 0 Å². The maximum Gasteiger partial charge on any atom is 0.416 e. The van der Waals surface area contributed by atoms with Crippen LogP contribution < -0.4 is 14.8 Å². The fraction of sp³-hybridized carbons (Fsp3) is 0.158. The van der Waals surface area contributed by atoms with Crippen LogP contribution in [0, 0.1) is 0 Å². The van der Waals surface area contributed by atoms with Crippen molar-refractivity contribution in [2.75, 3.05) is 6.79 Å². The molecule has 0 bridgehead atoms. The van der Waals surface area contributed by atoms with Crippen LogP contribution in [0.4, 0.5) is 26.3 Å². The number of hydrogen-bond donors (Lipinski definition) is 1. The third kappa shape index (κ3) is 4.35. The summed E-state index contributed by atoms with van der Waals surface area (Å²) >= 11 is 5.88. The number of fused-ring (bicyclic) bond motifs is 1. The highest BCUT2D eigenvalue weighted by Gasteiger charge is 2.37. The number of carbonyl (C=O) groups excluding carboxylic acids is 1. The van der Waals surface area contributed by atoms with Gasteiger partial charge >= 0.3 is 12.4 Å². The Labute approximate surface area is 180 Å². The van der Waals surface area contributed by atoms with Gasteiger partial charge in [0.15, 0.2) is 11.5 Å². The lowest BCUT2D eigenvalue weighted by Crippen LogP contribution is -2.17. The minimum absolute atomic E-state index is 0.0266. The van der Waals surface area contributed by atoms with Gasteiger partial charge in [-0.1, -0.05) is 24.0 Å². The molecular weight excluding hydrogens is 468 g/mol. The number of nitrogens with one attached hydrogen (secondary N) is 1. The van der Waals surface area contributed by atoms with E-state index in [2.05, 4.69) is 5.32 Å². The van der Waals surface area contributed by atoms with E-state index in [4.69, 9.17) is 21.7 Å². The summed E-state index contributed by atoms with van der Waals surface area (Å²) in [4.78, 5) is 12.1. The molecule has 1 saturated heterocycles. The number of alkyl halides is 6. The summed E-state index contributed by atoms with van der Waals surface area (Å²) < 4.78 is 90.2. The fourth-order valence-corrected chi connectivity index (χ4v) is 4.03. The van der Waals surface area contributed by atoms with Crippen molar-refractivity contribution in [1.82, 2.24) is 5.32 Å². The summed E-state index contributed by atoms with van der Waals surface area (Å²) in [7, 11) is 0. The third-order valence-electron chi connectivity index (χ3n) is 4.35. The lowest BCUT2D eigenvalue weighted by atomic mass is 9.97. The van der Waals surface area contributed by atoms with Crippen LogP contribution in [0.3, 0.4) is 0 Å². The Morgan fingerprint density at radius 2 is 1.55 bits per heavy atom. The van der Waals surface area contributed by atoms with Crippen molar-refractivity contribution in [3.05, 3.63) is 51.9 Å². The van der Waals surface area contributed by atoms with Crippen LogP contribution in [0.5, 0.6) is 11.5 Å². The van der Waals surface area contributed by atoms with Gasteiger partial charge in [0, 0.05) is 5.56 Å². The second-order valence-electron chi connectivity index (χ2n) is 6.45. The SMILES string of the molecule is O=C1NC(=S)SC1=Cc1cc(-c2cc(C(F)(F)F)cc(C(F)(F)F)c2)cc2c1OCO2. The van der Waals surface area contributed by atoms with Crippen molar-refractivity contribution in [3.63, 3.8) is 0 Å². The molecule has 0 radical (unpaired) electrons. The van der Waals surface area contributed by atoms with Crippen molar-refractivity contribution < 1.29 is 40.6 Å². The van der Waals surface area contributed by atoms with Gasteiger partial charge in [0.05, 0.1) is 16.0 Å². The van der Waals surface area contributed by atoms with Crippen molar-refractivity contribution in [2.24, 2.45) is 0 Å². The monoisotopic (exact) mass is 477 g/mol. The number of rotatable bonds is 2. The average molecular weight is 477 g/mol. The predicted molar refractivity (Wildman–Crippen MR) is 104 cm³/mol. The van der Waals surface area contributed by atoms with E-state index in [0.29, 0.717) is 12.1 Å². The molecule has 1 N–H and O–H groups in total. The smallest absolute Gasteiger partial charge is 0.416 e. The Morgan fingerprint density at radius 1 is 0.935 bits per heavy atom. The fourth-order valence-electron chi connectivity index (χ4n) is 3.00. The summed E-state index contributed by atoms with van der Waals surface area (Å²) in [6.07, 6.45) is -8.58. The highest BCUT2D eigenvalue weighted by Crippen LogP contribution is 2.44. The molecule has 0 aliphatic carbocycles. The number of thiocarbonyl (C=S) groups is 1. The molecule has 1 amide bonds. The molecule has 0 unspecified atom stereocenters. The maximum atomic E-state index is 13.2. The summed E-state index contributed by atoms with van der Waals surface area (Å²) in [5, 5.41) is 2.41. The Morgan fingerprint density at radius 3 is 2.10 bits per heavy atom. The van der Waals surface area contributed by atoms with Gasteiger partial charge in [0.25, 0.3) is 5.91 Å². The van der Waals surface area contributed by atoms with Crippen LogP contribution in [0.15, 0.2) is 35.2 Å². The largest absolute Gasteiger partial charge is 0.454 e. The lowest BCUT2D eigenvalue weighted by Gasteiger charge is -2.15. The summed E-state index contributed by atoms with van der Waals surface area (Å²) in [6.45, 7) is -0.191. The molecule has 2 aromatic carbocycles. The van der Waals surface area contributed by atoms with Crippen molar-refractivity contribution in [1.29, 1.82) is 0 Å². The minimum atomic E-state index is -4.98. The number of carbonyl (C=O) groups is 1. The quantitative estimate of drug-likeness (QED) is 0.346. The zero-order chi connectivity index (χ0) is 22.6. The third-order valence-corrected chi connectivity index (χ3v) is 5.51. The molecular formula is C19H9F6NO3S2. The van der Waals surface area contributed by atoms with Gasteiger partial charge < -0.3 is 14.8 Å². The molecule has 0 atom stereocenters. The molecule has 12 heteroatoms. The van der Waals surface area contributed by atoms with Gasteiger partial charge in [0.1, 0.15) is 4.32 Å². The van der Waals surface area contributed by atoms with E-state index in [-0.39, 0.29) is 50.3 Å². The molecule has 0 spiro atoms. The standard InChI is InChI=1S/C19H9F6NO3S2/c20-18(21,22)11-2-9(3-12(6-11)19(23,24)25)8-1-10(15-13(4-8)28-7-29-15)5-14-16(27)26-17(30)31-14/h1-6H,7H2,(H,26,27,30). The van der Waals surface area contributed by atoms with Crippen molar-refractivity contribution >= 4 is 40.3 Å². The van der Waals surface area contributed by atoms with Gasteiger partial charge in [0.2, 0.25) is 6.79 Å². The first-order valence-corrected chi connectivity index (χ1v) is 9.62. The summed E-state index contributed by atoms with van der Waals surface area (Å²) in [5.41, 5.74) is -2.92. The molecule has 31 heavy (non-hydrogen) atoms. The van der Waals surface area contributed by atoms with Crippen LogP contribution >= 0.6 is 24.0 Å². The van der Waals surface area contributed by atoms with E-state index in [0.717, 1.165) is 11.8 Å². The molecule has 162 valence electrons. The normalized spacial score (nSPS) is 17.4. The number of ether oxygens (including phenoxy) is 2. The molecule has 0 saturated carbocycles. The van der Waals surface area contributed by atoms with Crippen LogP contribution in [-0.4, -0.2) is 17.0 Å². The zero-order valence-corrected chi connectivity index (χ0v) is 16.6. The molecule has 2 aromatic rings. The summed E-state index contributed by atoms with van der Waals surface area (Å²) in [6, 6.07) is 3.91. The Kier molecular flexibility index (Phi) is 5.16. The Bertz CT molecular complexity index is 1110. The van der Waals surface area contributed by atoms with Crippen LogP contribution in [-0.2, 0) is 17.1 Å². The minimum Gasteiger partial charge on any atom is -0.454 e. The molecule has 4 rings (SSSR count). The topological polar surface area (TPSA) is 47.6 Å². The van der Waals surface area contributed by atoms with Gasteiger partial charge in [-0.2, -0.15) is 26.3 Å². The van der Waals surface area contributed by atoms with Crippen molar-refractivity contribution in [2.45, 2.75) is 12.4 Å². The van der Waals surface area contributed by atoms with E-state index in [1.165, 1.54) is 18.2 Å². The average Bonchev–Trinajstić information content (AvgIpc) is 3.26. The molecule has 0 aromatic heterocycles. The first-order valence-electron chi connectivity index (χ1n) is 8.40. The van der Waals surface area contributed by atoms with E-state index in [1.807, 2.05) is 0 Å². The number of benzene rings is 2. The first-order chi connectivity index (χ1) is 14.4.